The zero-order chi connectivity index (χ0) is 12.8. The molecule has 0 radical (unpaired) electrons. The van der Waals surface area contributed by atoms with Gasteiger partial charge in [0.15, 0.2) is 0 Å². The Morgan fingerprint density at radius 1 is 1.41 bits per heavy atom. The van der Waals surface area contributed by atoms with Crippen molar-refractivity contribution in [1.82, 2.24) is 5.32 Å². The van der Waals surface area contributed by atoms with Crippen molar-refractivity contribution < 1.29 is 14.3 Å². The Morgan fingerprint density at radius 3 is 2.65 bits per heavy atom. The number of carbonyl (C=O) groups excluding carboxylic acids is 1. The number of hydrogen-bond acceptors (Lipinski definition) is 3. The number of hydrogen-bond donors (Lipinski definition) is 1. The van der Waals surface area contributed by atoms with Gasteiger partial charge in [0.05, 0.1) is 0 Å². The Kier molecular flexibility index (Phi) is 5.41. The van der Waals surface area contributed by atoms with Gasteiger partial charge in [-0.25, -0.2) is 0 Å². The number of methoxy groups -OCH3 is 2. The highest BCUT2D eigenvalue weighted by Gasteiger charge is 2.16. The summed E-state index contributed by atoms with van der Waals surface area (Å²) in [7, 11) is 2.82. The molecule has 0 spiro atoms. The van der Waals surface area contributed by atoms with Crippen LogP contribution < -0.4 is 5.32 Å². The molecule has 1 aromatic rings. The van der Waals surface area contributed by atoms with Crippen molar-refractivity contribution in [2.75, 3.05) is 14.2 Å². The molecule has 1 N–H and O–H groups in total. The van der Waals surface area contributed by atoms with Crippen LogP contribution in [-0.2, 0) is 20.8 Å². The Morgan fingerprint density at radius 2 is 2.06 bits per heavy atom. The van der Waals surface area contributed by atoms with Crippen molar-refractivity contribution in [3.63, 3.8) is 0 Å². The van der Waals surface area contributed by atoms with Crippen molar-refractivity contribution in [1.29, 1.82) is 0 Å². The van der Waals surface area contributed by atoms with E-state index in [4.69, 9.17) is 21.1 Å². The molecule has 0 saturated carbocycles. The minimum atomic E-state index is -0.890. The first-order valence-electron chi connectivity index (χ1n) is 5.16. The van der Waals surface area contributed by atoms with Crippen LogP contribution in [0.5, 0.6) is 0 Å². The zero-order valence-electron chi connectivity index (χ0n) is 10.1. The number of benzene rings is 1. The summed E-state index contributed by atoms with van der Waals surface area (Å²) in [4.78, 5) is 11.6. The van der Waals surface area contributed by atoms with Crippen LogP contribution in [-0.4, -0.2) is 26.4 Å². The Labute approximate surface area is 106 Å². The topological polar surface area (TPSA) is 47.6 Å². The first-order chi connectivity index (χ1) is 8.08. The predicted octanol–water partition coefficient (Wildman–Crippen LogP) is 1.88. The molecule has 94 valence electrons. The minimum absolute atomic E-state index is 0.326. The normalized spacial score (nSPS) is 10.6. The monoisotopic (exact) mass is 257 g/mol. The average molecular weight is 258 g/mol. The summed E-state index contributed by atoms with van der Waals surface area (Å²) in [6, 6.07) is 5.65. The highest BCUT2D eigenvalue weighted by Crippen LogP contribution is 2.17. The Hall–Kier alpha value is -1.10. The lowest BCUT2D eigenvalue weighted by Gasteiger charge is -2.13. The van der Waals surface area contributed by atoms with Crippen LogP contribution in [0.25, 0.3) is 0 Å². The quantitative estimate of drug-likeness (QED) is 0.820. The molecule has 1 rings (SSSR count). The lowest BCUT2D eigenvalue weighted by molar-refractivity contribution is -0.159. The van der Waals surface area contributed by atoms with Crippen LogP contribution >= 0.6 is 11.6 Å². The molecule has 0 saturated heterocycles. The van der Waals surface area contributed by atoms with Gasteiger partial charge in [0.25, 0.3) is 5.91 Å². The fourth-order valence-electron chi connectivity index (χ4n) is 1.41. The van der Waals surface area contributed by atoms with Crippen LogP contribution in [0.15, 0.2) is 18.2 Å². The molecule has 0 aliphatic heterocycles. The fraction of sp³-hybridized carbons (Fsp3) is 0.417. The number of ether oxygens (including phenoxy) is 2. The molecule has 0 atom stereocenters. The SMILES string of the molecule is COC(OC)C(=O)NCc1cc(C)ccc1Cl. The van der Waals surface area contributed by atoms with E-state index in [0.717, 1.165) is 11.1 Å². The van der Waals surface area contributed by atoms with Crippen molar-refractivity contribution in [2.45, 2.75) is 19.8 Å². The molecule has 0 unspecified atom stereocenters. The summed E-state index contributed by atoms with van der Waals surface area (Å²) in [5.41, 5.74) is 1.96. The van der Waals surface area contributed by atoms with Gasteiger partial charge < -0.3 is 14.8 Å². The van der Waals surface area contributed by atoms with Crippen molar-refractivity contribution in [3.05, 3.63) is 34.3 Å². The van der Waals surface area contributed by atoms with Crippen LogP contribution in [0.1, 0.15) is 11.1 Å². The second-order valence-electron chi connectivity index (χ2n) is 3.62. The Balaban J connectivity index is 2.61. The summed E-state index contributed by atoms with van der Waals surface area (Å²) in [6.07, 6.45) is -0.890. The second-order valence-corrected chi connectivity index (χ2v) is 4.02. The molecule has 0 aromatic heterocycles. The smallest absolute Gasteiger partial charge is 0.277 e. The van der Waals surface area contributed by atoms with Crippen LogP contribution in [0.3, 0.4) is 0 Å². The highest BCUT2D eigenvalue weighted by molar-refractivity contribution is 6.31. The van der Waals surface area contributed by atoms with E-state index in [0.29, 0.717) is 11.6 Å². The third-order valence-electron chi connectivity index (χ3n) is 2.30. The molecule has 1 aromatic carbocycles. The van der Waals surface area contributed by atoms with Gasteiger partial charge in [0.1, 0.15) is 0 Å². The van der Waals surface area contributed by atoms with Gasteiger partial charge in [-0.3, -0.25) is 4.79 Å². The first kappa shape index (κ1) is 14.0. The number of amides is 1. The van der Waals surface area contributed by atoms with E-state index >= 15 is 0 Å². The van der Waals surface area contributed by atoms with E-state index < -0.39 is 6.29 Å². The van der Waals surface area contributed by atoms with Gasteiger partial charge in [0.2, 0.25) is 6.29 Å². The van der Waals surface area contributed by atoms with E-state index in [1.807, 2.05) is 25.1 Å². The summed E-state index contributed by atoms with van der Waals surface area (Å²) >= 11 is 6.01. The van der Waals surface area contributed by atoms with E-state index in [1.54, 1.807) is 0 Å². The number of halogens is 1. The molecule has 4 nitrogen and oxygen atoms in total. The lowest BCUT2D eigenvalue weighted by Crippen LogP contribution is -2.36. The third-order valence-corrected chi connectivity index (χ3v) is 2.67. The molecule has 0 fully saturated rings. The van der Waals surface area contributed by atoms with Crippen LogP contribution in [0, 0.1) is 6.92 Å². The molecule has 1 amide bonds. The maximum absolute atomic E-state index is 11.6. The number of carbonyl (C=O) groups is 1. The summed E-state index contributed by atoms with van der Waals surface area (Å²) < 4.78 is 9.67. The molecule has 0 aliphatic rings. The second kappa shape index (κ2) is 6.59. The summed E-state index contributed by atoms with van der Waals surface area (Å²) in [6.45, 7) is 2.32. The maximum atomic E-state index is 11.6. The first-order valence-corrected chi connectivity index (χ1v) is 5.54. The number of aryl methyl sites for hydroxylation is 1. The van der Waals surface area contributed by atoms with Crippen LogP contribution in [0.4, 0.5) is 0 Å². The molecule has 0 bridgehead atoms. The van der Waals surface area contributed by atoms with Gasteiger partial charge in [-0.1, -0.05) is 29.3 Å². The molecular weight excluding hydrogens is 242 g/mol. The van der Waals surface area contributed by atoms with E-state index in [1.165, 1.54) is 14.2 Å². The lowest BCUT2D eigenvalue weighted by atomic mass is 10.1. The minimum Gasteiger partial charge on any atom is -0.348 e. The molecule has 0 heterocycles. The van der Waals surface area contributed by atoms with Gasteiger partial charge in [-0.2, -0.15) is 0 Å². The van der Waals surface area contributed by atoms with Gasteiger partial charge in [0, 0.05) is 25.8 Å². The van der Waals surface area contributed by atoms with E-state index in [-0.39, 0.29) is 5.91 Å². The fourth-order valence-corrected chi connectivity index (χ4v) is 1.60. The highest BCUT2D eigenvalue weighted by atomic mass is 35.5. The van der Waals surface area contributed by atoms with Crippen LogP contribution in [0.2, 0.25) is 5.02 Å². The standard InChI is InChI=1S/C12H16ClNO3/c1-8-4-5-10(13)9(6-8)7-14-11(15)12(16-2)17-3/h4-6,12H,7H2,1-3H3,(H,14,15). The number of rotatable bonds is 5. The largest absolute Gasteiger partial charge is 0.348 e. The maximum Gasteiger partial charge on any atom is 0.277 e. The Bertz CT molecular complexity index is 391. The van der Waals surface area contributed by atoms with Crippen molar-refractivity contribution >= 4 is 17.5 Å². The summed E-state index contributed by atoms with van der Waals surface area (Å²) in [5.74, 6) is -0.326. The van der Waals surface area contributed by atoms with Crippen molar-refractivity contribution in [3.8, 4) is 0 Å². The number of nitrogens with one attached hydrogen (secondary N) is 1. The average Bonchev–Trinajstić information content (AvgIpc) is 2.32. The van der Waals surface area contributed by atoms with Gasteiger partial charge in [-0.05, 0) is 18.6 Å². The van der Waals surface area contributed by atoms with Gasteiger partial charge >= 0.3 is 0 Å². The van der Waals surface area contributed by atoms with E-state index in [9.17, 15) is 4.79 Å². The molecular formula is C12H16ClNO3. The molecule has 0 aliphatic carbocycles. The van der Waals surface area contributed by atoms with E-state index in [2.05, 4.69) is 5.32 Å². The van der Waals surface area contributed by atoms with Gasteiger partial charge in [-0.15, -0.1) is 0 Å². The zero-order valence-corrected chi connectivity index (χ0v) is 10.9. The summed E-state index contributed by atoms with van der Waals surface area (Å²) in [5, 5.41) is 3.32. The predicted molar refractivity (Wildman–Crippen MR) is 65.8 cm³/mol. The molecule has 5 heteroatoms. The molecule has 17 heavy (non-hydrogen) atoms. The van der Waals surface area contributed by atoms with Crippen molar-refractivity contribution in [2.24, 2.45) is 0 Å². The third kappa shape index (κ3) is 4.00.